The van der Waals surface area contributed by atoms with E-state index in [0.29, 0.717) is 6.04 Å². The first kappa shape index (κ1) is 13.5. The number of benzene rings is 1. The monoisotopic (exact) mass is 406 g/mol. The highest BCUT2D eigenvalue weighted by molar-refractivity contribution is 14.1. The van der Waals surface area contributed by atoms with Crippen molar-refractivity contribution in [2.45, 2.75) is 25.3 Å². The summed E-state index contributed by atoms with van der Waals surface area (Å²) < 4.78 is 1.39. The zero-order valence-corrected chi connectivity index (χ0v) is 14.4. The normalized spacial score (nSPS) is 17.7. The van der Waals surface area contributed by atoms with Gasteiger partial charge >= 0.3 is 0 Å². The van der Waals surface area contributed by atoms with Crippen molar-refractivity contribution in [3.8, 4) is 0 Å². The number of halogens is 1. The second-order valence-electron chi connectivity index (χ2n) is 5.39. The molecule has 0 saturated heterocycles. The molecule has 1 N–H and O–H groups in total. The third-order valence-electron chi connectivity index (χ3n) is 4.06. The number of nitrogens with one attached hydrogen (secondary N) is 1. The first-order chi connectivity index (χ1) is 10.3. The van der Waals surface area contributed by atoms with E-state index < -0.39 is 0 Å². The molecule has 2 heterocycles. The number of aryl methyl sites for hydroxylation is 1. The SMILES string of the molecule is Ic1cc2c(s1)CCCC2Nc1cccc2ncccc12. The number of thiophene rings is 1. The van der Waals surface area contributed by atoms with E-state index in [1.165, 1.54) is 38.8 Å². The van der Waals surface area contributed by atoms with E-state index in [2.05, 4.69) is 63.2 Å². The number of pyridine rings is 1. The van der Waals surface area contributed by atoms with E-state index in [-0.39, 0.29) is 0 Å². The van der Waals surface area contributed by atoms with Gasteiger partial charge in [0.15, 0.2) is 0 Å². The Morgan fingerprint density at radius 2 is 2.19 bits per heavy atom. The smallest absolute Gasteiger partial charge is 0.0722 e. The molecule has 1 aliphatic rings. The van der Waals surface area contributed by atoms with Gasteiger partial charge in [0.25, 0.3) is 0 Å². The van der Waals surface area contributed by atoms with Crippen molar-refractivity contribution in [3.05, 3.63) is 55.9 Å². The van der Waals surface area contributed by atoms with Crippen molar-refractivity contribution in [2.24, 2.45) is 0 Å². The Morgan fingerprint density at radius 1 is 1.24 bits per heavy atom. The van der Waals surface area contributed by atoms with Crippen molar-refractivity contribution in [2.75, 3.05) is 5.32 Å². The Morgan fingerprint density at radius 3 is 3.14 bits per heavy atom. The lowest BCUT2D eigenvalue weighted by molar-refractivity contribution is 0.609. The van der Waals surface area contributed by atoms with Crippen molar-refractivity contribution in [1.29, 1.82) is 0 Å². The Balaban J connectivity index is 1.73. The zero-order valence-electron chi connectivity index (χ0n) is 11.5. The molecule has 2 aromatic heterocycles. The molecule has 0 fully saturated rings. The van der Waals surface area contributed by atoms with Crippen LogP contribution in [0.25, 0.3) is 10.9 Å². The predicted molar refractivity (Wildman–Crippen MR) is 98.1 cm³/mol. The maximum absolute atomic E-state index is 4.44. The van der Waals surface area contributed by atoms with E-state index in [9.17, 15) is 0 Å². The Labute approximate surface area is 141 Å². The van der Waals surface area contributed by atoms with Gasteiger partial charge in [-0.1, -0.05) is 6.07 Å². The standard InChI is InChI=1S/C17H15IN2S/c18-17-10-12-15(7-2-8-16(12)21-17)20-14-6-1-5-13-11(14)4-3-9-19-13/h1,3-6,9-10,15,20H,2,7-8H2. The van der Waals surface area contributed by atoms with Crippen LogP contribution in [0.4, 0.5) is 5.69 Å². The molecule has 1 aromatic carbocycles. The lowest BCUT2D eigenvalue weighted by atomic mass is 9.93. The topological polar surface area (TPSA) is 24.9 Å². The number of aromatic nitrogens is 1. The summed E-state index contributed by atoms with van der Waals surface area (Å²) in [6.45, 7) is 0. The largest absolute Gasteiger partial charge is 0.378 e. The van der Waals surface area contributed by atoms with Crippen LogP contribution in [0.3, 0.4) is 0 Å². The highest BCUT2D eigenvalue weighted by atomic mass is 127. The molecule has 0 amide bonds. The van der Waals surface area contributed by atoms with Crippen molar-refractivity contribution in [1.82, 2.24) is 4.98 Å². The average molecular weight is 406 g/mol. The number of rotatable bonds is 2. The van der Waals surface area contributed by atoms with Gasteiger partial charge in [0.1, 0.15) is 0 Å². The van der Waals surface area contributed by atoms with Crippen LogP contribution in [-0.4, -0.2) is 4.98 Å². The molecule has 0 saturated carbocycles. The van der Waals surface area contributed by atoms with E-state index in [1.54, 1.807) is 4.88 Å². The van der Waals surface area contributed by atoms with Gasteiger partial charge < -0.3 is 5.32 Å². The maximum atomic E-state index is 4.44. The van der Waals surface area contributed by atoms with Gasteiger partial charge in [-0.15, -0.1) is 11.3 Å². The van der Waals surface area contributed by atoms with Crippen molar-refractivity contribution < 1.29 is 0 Å². The minimum absolute atomic E-state index is 0.430. The first-order valence-electron chi connectivity index (χ1n) is 7.19. The highest BCUT2D eigenvalue weighted by Crippen LogP contribution is 2.38. The zero-order chi connectivity index (χ0) is 14.2. The van der Waals surface area contributed by atoms with E-state index in [0.717, 1.165) is 5.52 Å². The molecule has 0 bridgehead atoms. The van der Waals surface area contributed by atoms with Crippen LogP contribution in [0, 0.1) is 2.88 Å². The summed E-state index contributed by atoms with van der Waals surface area (Å²) in [6, 6.07) is 13.2. The fourth-order valence-electron chi connectivity index (χ4n) is 3.09. The van der Waals surface area contributed by atoms with Crippen molar-refractivity contribution in [3.63, 3.8) is 0 Å². The second kappa shape index (κ2) is 5.57. The van der Waals surface area contributed by atoms with Crippen LogP contribution in [0.2, 0.25) is 0 Å². The average Bonchev–Trinajstić information content (AvgIpc) is 2.89. The van der Waals surface area contributed by atoms with Crippen LogP contribution in [0.15, 0.2) is 42.6 Å². The summed E-state index contributed by atoms with van der Waals surface area (Å²) in [6.07, 6.45) is 5.56. The van der Waals surface area contributed by atoms with Gasteiger partial charge in [-0.05, 0) is 77.7 Å². The Hall–Kier alpha value is -1.14. The molecule has 21 heavy (non-hydrogen) atoms. The third-order valence-corrected chi connectivity index (χ3v) is 6.03. The molecule has 4 rings (SSSR count). The molecule has 4 heteroatoms. The number of hydrogen-bond donors (Lipinski definition) is 1. The number of hydrogen-bond acceptors (Lipinski definition) is 3. The molecule has 1 unspecified atom stereocenters. The number of fused-ring (bicyclic) bond motifs is 2. The minimum Gasteiger partial charge on any atom is -0.378 e. The van der Waals surface area contributed by atoms with Gasteiger partial charge in [0.05, 0.1) is 14.4 Å². The van der Waals surface area contributed by atoms with Crippen LogP contribution < -0.4 is 5.32 Å². The molecule has 0 radical (unpaired) electrons. The van der Waals surface area contributed by atoms with Crippen molar-refractivity contribution >= 4 is 50.5 Å². The fraction of sp³-hybridized carbons (Fsp3) is 0.235. The molecule has 1 atom stereocenters. The van der Waals surface area contributed by atoms with E-state index in [1.807, 2.05) is 23.6 Å². The molecule has 1 aliphatic carbocycles. The van der Waals surface area contributed by atoms with Crippen LogP contribution in [0.5, 0.6) is 0 Å². The second-order valence-corrected chi connectivity index (χ2v) is 8.42. The van der Waals surface area contributed by atoms with E-state index >= 15 is 0 Å². The van der Waals surface area contributed by atoms with Crippen LogP contribution in [-0.2, 0) is 6.42 Å². The molecule has 0 aliphatic heterocycles. The molecule has 0 spiro atoms. The molecule has 2 nitrogen and oxygen atoms in total. The molecular weight excluding hydrogens is 391 g/mol. The Kier molecular flexibility index (Phi) is 3.59. The summed E-state index contributed by atoms with van der Waals surface area (Å²) in [5.74, 6) is 0. The third kappa shape index (κ3) is 2.55. The van der Waals surface area contributed by atoms with Crippen LogP contribution >= 0.6 is 33.9 Å². The molecular formula is C17H15IN2S. The summed E-state index contributed by atoms with van der Waals surface area (Å²) in [5.41, 5.74) is 3.75. The minimum atomic E-state index is 0.430. The summed E-state index contributed by atoms with van der Waals surface area (Å²) in [7, 11) is 0. The summed E-state index contributed by atoms with van der Waals surface area (Å²) in [4.78, 5) is 6.00. The number of nitrogens with zero attached hydrogens (tertiary/aromatic N) is 1. The van der Waals surface area contributed by atoms with E-state index in [4.69, 9.17) is 0 Å². The van der Waals surface area contributed by atoms with Gasteiger partial charge in [0.2, 0.25) is 0 Å². The van der Waals surface area contributed by atoms with Crippen LogP contribution in [0.1, 0.15) is 29.3 Å². The summed E-state index contributed by atoms with van der Waals surface area (Å²) in [5, 5.41) is 4.96. The fourth-order valence-corrected chi connectivity index (χ4v) is 5.21. The lowest BCUT2D eigenvalue weighted by Gasteiger charge is -2.25. The first-order valence-corrected chi connectivity index (χ1v) is 9.09. The van der Waals surface area contributed by atoms with Gasteiger partial charge in [-0.3, -0.25) is 4.98 Å². The maximum Gasteiger partial charge on any atom is 0.0722 e. The predicted octanol–water partition coefficient (Wildman–Crippen LogP) is 5.39. The van der Waals surface area contributed by atoms with Gasteiger partial charge in [-0.25, -0.2) is 0 Å². The molecule has 3 aromatic rings. The van der Waals surface area contributed by atoms with Gasteiger partial charge in [0, 0.05) is 22.1 Å². The highest BCUT2D eigenvalue weighted by Gasteiger charge is 2.22. The summed E-state index contributed by atoms with van der Waals surface area (Å²) >= 11 is 4.38. The molecule has 106 valence electrons. The Bertz CT molecular complexity index is 791. The van der Waals surface area contributed by atoms with Gasteiger partial charge in [-0.2, -0.15) is 0 Å². The number of anilines is 1. The lowest BCUT2D eigenvalue weighted by Crippen LogP contribution is -2.15. The quantitative estimate of drug-likeness (QED) is 0.578.